The molecule has 0 bridgehead atoms. The van der Waals surface area contributed by atoms with Crippen molar-refractivity contribution in [1.29, 1.82) is 0 Å². The lowest BCUT2D eigenvalue weighted by Crippen LogP contribution is -2.42. The Morgan fingerprint density at radius 3 is 2.29 bits per heavy atom. The van der Waals surface area contributed by atoms with Crippen LogP contribution in [-0.2, 0) is 9.59 Å². The highest BCUT2D eigenvalue weighted by molar-refractivity contribution is 5.79. The van der Waals surface area contributed by atoms with Crippen molar-refractivity contribution in [1.82, 2.24) is 16.0 Å². The molecule has 2 fully saturated rings. The van der Waals surface area contributed by atoms with Crippen molar-refractivity contribution in [2.75, 3.05) is 19.6 Å². The Kier molecular flexibility index (Phi) is 8.57. The molecular formula is C19H35N3O2. The van der Waals surface area contributed by atoms with Crippen LogP contribution < -0.4 is 16.0 Å². The first-order valence-electron chi connectivity index (χ1n) is 9.96. The van der Waals surface area contributed by atoms with Crippen molar-refractivity contribution < 1.29 is 9.59 Å². The topological polar surface area (TPSA) is 70.2 Å². The van der Waals surface area contributed by atoms with Gasteiger partial charge in [-0.15, -0.1) is 0 Å². The minimum absolute atomic E-state index is 0.124. The molecular weight excluding hydrogens is 302 g/mol. The maximum absolute atomic E-state index is 12.2. The third kappa shape index (κ3) is 6.80. The van der Waals surface area contributed by atoms with E-state index in [1.165, 1.54) is 25.7 Å². The monoisotopic (exact) mass is 337 g/mol. The second kappa shape index (κ2) is 10.7. The maximum Gasteiger partial charge on any atom is 0.223 e. The van der Waals surface area contributed by atoms with E-state index >= 15 is 0 Å². The molecule has 0 heterocycles. The van der Waals surface area contributed by atoms with Gasteiger partial charge in [-0.1, -0.05) is 19.8 Å². The van der Waals surface area contributed by atoms with Crippen molar-refractivity contribution in [2.45, 2.75) is 77.2 Å². The number of carbonyl (C=O) groups is 2. The Bertz CT molecular complexity index is 386. The van der Waals surface area contributed by atoms with Gasteiger partial charge in [0, 0.05) is 31.5 Å². The molecule has 5 nitrogen and oxygen atoms in total. The number of amides is 2. The van der Waals surface area contributed by atoms with E-state index < -0.39 is 0 Å². The lowest BCUT2D eigenvalue weighted by atomic mass is 9.85. The van der Waals surface area contributed by atoms with Crippen LogP contribution in [0.3, 0.4) is 0 Å². The zero-order valence-corrected chi connectivity index (χ0v) is 15.2. The molecule has 2 aliphatic rings. The van der Waals surface area contributed by atoms with Gasteiger partial charge in [0.25, 0.3) is 0 Å². The van der Waals surface area contributed by atoms with Crippen LogP contribution in [0.25, 0.3) is 0 Å². The Balaban J connectivity index is 1.56. The van der Waals surface area contributed by atoms with E-state index in [1.807, 2.05) is 0 Å². The molecule has 2 saturated carbocycles. The highest BCUT2D eigenvalue weighted by Crippen LogP contribution is 2.28. The molecule has 2 aliphatic carbocycles. The van der Waals surface area contributed by atoms with Crippen molar-refractivity contribution in [3.8, 4) is 0 Å². The Morgan fingerprint density at radius 1 is 0.917 bits per heavy atom. The van der Waals surface area contributed by atoms with E-state index in [2.05, 4.69) is 22.9 Å². The fourth-order valence-electron chi connectivity index (χ4n) is 3.98. The average molecular weight is 338 g/mol. The number of nitrogens with one attached hydrogen (secondary N) is 3. The highest BCUT2D eigenvalue weighted by atomic mass is 16.2. The van der Waals surface area contributed by atoms with Crippen LogP contribution in [0.1, 0.15) is 71.1 Å². The summed E-state index contributed by atoms with van der Waals surface area (Å²) in [6.45, 7) is 4.68. The predicted octanol–water partition coefficient (Wildman–Crippen LogP) is 2.36. The smallest absolute Gasteiger partial charge is 0.223 e. The first kappa shape index (κ1) is 19.2. The largest absolute Gasteiger partial charge is 0.355 e. The van der Waals surface area contributed by atoms with E-state index in [4.69, 9.17) is 0 Å². The lowest BCUT2D eigenvalue weighted by Gasteiger charge is -2.28. The van der Waals surface area contributed by atoms with E-state index in [-0.39, 0.29) is 23.8 Å². The zero-order valence-electron chi connectivity index (χ0n) is 15.2. The zero-order chi connectivity index (χ0) is 17.2. The van der Waals surface area contributed by atoms with Gasteiger partial charge in [0.1, 0.15) is 0 Å². The summed E-state index contributed by atoms with van der Waals surface area (Å²) in [6.07, 6.45) is 10.5. The minimum atomic E-state index is 0.124. The molecule has 138 valence electrons. The van der Waals surface area contributed by atoms with Crippen LogP contribution >= 0.6 is 0 Å². The molecule has 0 aromatic heterocycles. The molecule has 2 rings (SSSR count). The van der Waals surface area contributed by atoms with Crippen molar-refractivity contribution in [3.63, 3.8) is 0 Å². The van der Waals surface area contributed by atoms with E-state index in [0.717, 1.165) is 45.2 Å². The van der Waals surface area contributed by atoms with Gasteiger partial charge in [0.15, 0.2) is 0 Å². The van der Waals surface area contributed by atoms with Crippen molar-refractivity contribution in [2.24, 2.45) is 11.8 Å². The fraction of sp³-hybridized carbons (Fsp3) is 0.895. The van der Waals surface area contributed by atoms with Crippen LogP contribution in [-0.4, -0.2) is 37.5 Å². The van der Waals surface area contributed by atoms with Crippen LogP contribution in [0.15, 0.2) is 0 Å². The first-order valence-corrected chi connectivity index (χ1v) is 9.96. The third-order valence-corrected chi connectivity index (χ3v) is 5.44. The maximum atomic E-state index is 12.2. The van der Waals surface area contributed by atoms with Gasteiger partial charge in [-0.3, -0.25) is 9.59 Å². The molecule has 0 unspecified atom stereocenters. The molecule has 0 aromatic rings. The van der Waals surface area contributed by atoms with Gasteiger partial charge >= 0.3 is 0 Å². The van der Waals surface area contributed by atoms with Gasteiger partial charge in [0.05, 0.1) is 0 Å². The molecule has 0 aromatic carbocycles. The molecule has 0 atom stereocenters. The summed E-state index contributed by atoms with van der Waals surface area (Å²) in [5.41, 5.74) is 0. The minimum Gasteiger partial charge on any atom is -0.355 e. The van der Waals surface area contributed by atoms with Crippen molar-refractivity contribution >= 4 is 11.8 Å². The van der Waals surface area contributed by atoms with Gasteiger partial charge in [-0.2, -0.15) is 0 Å². The van der Waals surface area contributed by atoms with Gasteiger partial charge < -0.3 is 16.0 Å². The normalized spacial score (nSPS) is 24.7. The first-order chi connectivity index (χ1) is 11.7. The highest BCUT2D eigenvalue weighted by Gasteiger charge is 2.27. The van der Waals surface area contributed by atoms with Gasteiger partial charge in [-0.25, -0.2) is 0 Å². The molecule has 0 spiro atoms. The van der Waals surface area contributed by atoms with Crippen LogP contribution in [0.2, 0.25) is 0 Å². The molecule has 0 radical (unpaired) electrons. The van der Waals surface area contributed by atoms with Crippen LogP contribution in [0, 0.1) is 11.8 Å². The number of rotatable bonds is 9. The molecule has 5 heteroatoms. The van der Waals surface area contributed by atoms with E-state index in [1.54, 1.807) is 0 Å². The summed E-state index contributed by atoms with van der Waals surface area (Å²) in [7, 11) is 0. The Labute approximate surface area is 146 Å². The van der Waals surface area contributed by atoms with Crippen LogP contribution in [0.4, 0.5) is 0 Å². The molecule has 24 heavy (non-hydrogen) atoms. The van der Waals surface area contributed by atoms with Crippen molar-refractivity contribution in [3.05, 3.63) is 0 Å². The van der Waals surface area contributed by atoms with Gasteiger partial charge in [-0.05, 0) is 57.4 Å². The van der Waals surface area contributed by atoms with E-state index in [9.17, 15) is 9.59 Å². The molecule has 0 saturated heterocycles. The van der Waals surface area contributed by atoms with E-state index in [0.29, 0.717) is 18.9 Å². The summed E-state index contributed by atoms with van der Waals surface area (Å²) in [6, 6.07) is 0.272. The second-order valence-electron chi connectivity index (χ2n) is 7.51. The van der Waals surface area contributed by atoms with Crippen LogP contribution in [0.5, 0.6) is 0 Å². The predicted molar refractivity (Wildman–Crippen MR) is 96.6 cm³/mol. The third-order valence-electron chi connectivity index (χ3n) is 5.44. The summed E-state index contributed by atoms with van der Waals surface area (Å²) in [5, 5.41) is 9.51. The average Bonchev–Trinajstić information content (AvgIpc) is 3.08. The quantitative estimate of drug-likeness (QED) is 0.566. The number of carbonyl (C=O) groups excluding carboxylic acids is 2. The summed E-state index contributed by atoms with van der Waals surface area (Å²) in [4.78, 5) is 24.3. The fourth-order valence-corrected chi connectivity index (χ4v) is 3.98. The summed E-state index contributed by atoms with van der Waals surface area (Å²) < 4.78 is 0. The molecule has 2 amide bonds. The standard InChI is InChI=1S/C19H35N3O2/c1-2-11-20-12-13-21-19(24)16-7-9-17(10-8-16)22-18(23)14-15-5-3-4-6-15/h15-17,20H,2-14H2,1H3,(H,21,24)(H,22,23). The molecule has 3 N–H and O–H groups in total. The summed E-state index contributed by atoms with van der Waals surface area (Å²) >= 11 is 0. The number of hydrogen-bond acceptors (Lipinski definition) is 3. The Hall–Kier alpha value is -1.10. The SMILES string of the molecule is CCCNCCNC(=O)C1CCC(NC(=O)CC2CCCC2)CC1. The molecule has 0 aliphatic heterocycles. The number of hydrogen-bond donors (Lipinski definition) is 3. The lowest BCUT2D eigenvalue weighted by molar-refractivity contribution is -0.126. The Morgan fingerprint density at radius 2 is 1.62 bits per heavy atom. The van der Waals surface area contributed by atoms with Gasteiger partial charge in [0.2, 0.25) is 11.8 Å². The summed E-state index contributed by atoms with van der Waals surface area (Å²) in [5.74, 6) is 1.13. The second-order valence-corrected chi connectivity index (χ2v) is 7.51.